The third kappa shape index (κ3) is 2.60. The van der Waals surface area contributed by atoms with Crippen LogP contribution in [0.3, 0.4) is 0 Å². The minimum absolute atomic E-state index is 0.00548. The van der Waals surface area contributed by atoms with Gasteiger partial charge in [0.2, 0.25) is 0 Å². The van der Waals surface area contributed by atoms with E-state index in [9.17, 15) is 4.39 Å². The van der Waals surface area contributed by atoms with Crippen molar-refractivity contribution >= 4 is 23.0 Å². The zero-order valence-electron chi connectivity index (χ0n) is 8.78. The van der Waals surface area contributed by atoms with Gasteiger partial charge in [-0.2, -0.15) is 0 Å². The van der Waals surface area contributed by atoms with Crippen molar-refractivity contribution in [2.45, 2.75) is 0 Å². The lowest BCUT2D eigenvalue weighted by atomic mass is 10.2. The molecule has 5 heteroatoms. The highest BCUT2D eigenvalue weighted by atomic mass is 35.5. The standard InChI is InChI=1S/C12H10ClFN2O/c13-9-5-7(1-3-10(9)14)17-8-2-4-11(15)12(16)6-8/h1-6H,15-16H2. The van der Waals surface area contributed by atoms with Gasteiger partial charge >= 0.3 is 0 Å². The van der Waals surface area contributed by atoms with Gasteiger partial charge in [-0.05, 0) is 24.3 Å². The van der Waals surface area contributed by atoms with Crippen LogP contribution in [0, 0.1) is 5.82 Å². The van der Waals surface area contributed by atoms with Crippen LogP contribution in [-0.2, 0) is 0 Å². The number of nitrogen functional groups attached to an aromatic ring is 2. The Morgan fingerprint density at radius 1 is 0.941 bits per heavy atom. The highest BCUT2D eigenvalue weighted by molar-refractivity contribution is 6.30. The number of hydrogen-bond acceptors (Lipinski definition) is 3. The molecule has 2 aromatic carbocycles. The van der Waals surface area contributed by atoms with Gasteiger partial charge in [-0.25, -0.2) is 4.39 Å². The molecule has 0 bridgehead atoms. The zero-order chi connectivity index (χ0) is 12.4. The Morgan fingerprint density at radius 3 is 2.24 bits per heavy atom. The van der Waals surface area contributed by atoms with E-state index in [1.165, 1.54) is 18.2 Å². The van der Waals surface area contributed by atoms with Crippen LogP contribution in [-0.4, -0.2) is 0 Å². The van der Waals surface area contributed by atoms with Gasteiger partial charge in [0.05, 0.1) is 16.4 Å². The predicted octanol–water partition coefficient (Wildman–Crippen LogP) is 3.44. The first-order valence-electron chi connectivity index (χ1n) is 4.84. The van der Waals surface area contributed by atoms with E-state index in [4.69, 9.17) is 27.8 Å². The van der Waals surface area contributed by atoms with Gasteiger partial charge in [0.1, 0.15) is 17.3 Å². The topological polar surface area (TPSA) is 61.3 Å². The number of ether oxygens (including phenoxy) is 1. The van der Waals surface area contributed by atoms with Crippen LogP contribution in [0.25, 0.3) is 0 Å². The van der Waals surface area contributed by atoms with Gasteiger partial charge in [0.25, 0.3) is 0 Å². The molecule has 0 spiro atoms. The summed E-state index contributed by atoms with van der Waals surface area (Å²) < 4.78 is 18.4. The molecular formula is C12H10ClFN2O. The summed E-state index contributed by atoms with van der Waals surface area (Å²) in [6.07, 6.45) is 0. The van der Waals surface area contributed by atoms with Gasteiger partial charge in [0, 0.05) is 12.1 Å². The van der Waals surface area contributed by atoms with E-state index in [1.807, 2.05) is 0 Å². The molecule has 0 aliphatic carbocycles. The lowest BCUT2D eigenvalue weighted by Crippen LogP contribution is -1.94. The van der Waals surface area contributed by atoms with Crippen molar-refractivity contribution in [3.05, 3.63) is 47.2 Å². The molecular weight excluding hydrogens is 243 g/mol. The normalized spacial score (nSPS) is 10.2. The lowest BCUT2D eigenvalue weighted by molar-refractivity contribution is 0.481. The van der Waals surface area contributed by atoms with Crippen molar-refractivity contribution in [3.8, 4) is 11.5 Å². The fourth-order valence-corrected chi connectivity index (χ4v) is 1.46. The first-order chi connectivity index (χ1) is 8.06. The fraction of sp³-hybridized carbons (Fsp3) is 0. The second kappa shape index (κ2) is 4.51. The summed E-state index contributed by atoms with van der Waals surface area (Å²) in [6.45, 7) is 0. The molecule has 0 aliphatic rings. The highest BCUT2D eigenvalue weighted by Gasteiger charge is 2.04. The zero-order valence-corrected chi connectivity index (χ0v) is 9.54. The summed E-state index contributed by atoms with van der Waals surface area (Å²) in [5, 5.41) is 0.00548. The maximum absolute atomic E-state index is 12.9. The Bertz CT molecular complexity index is 511. The quantitative estimate of drug-likeness (QED) is 0.805. The van der Waals surface area contributed by atoms with Gasteiger partial charge in [-0.1, -0.05) is 11.6 Å². The first kappa shape index (κ1) is 11.5. The van der Waals surface area contributed by atoms with Crippen LogP contribution in [0.4, 0.5) is 15.8 Å². The molecule has 0 aromatic heterocycles. The van der Waals surface area contributed by atoms with Crippen LogP contribution in [0.5, 0.6) is 11.5 Å². The third-order valence-electron chi connectivity index (χ3n) is 2.19. The summed E-state index contributed by atoms with van der Waals surface area (Å²) in [5.41, 5.74) is 12.1. The lowest BCUT2D eigenvalue weighted by Gasteiger charge is -2.08. The molecule has 4 N–H and O–H groups in total. The number of halogens is 2. The molecule has 2 aromatic rings. The van der Waals surface area contributed by atoms with Crippen LogP contribution >= 0.6 is 11.6 Å². The summed E-state index contributed by atoms with van der Waals surface area (Å²) in [7, 11) is 0. The molecule has 0 unspecified atom stereocenters. The molecule has 0 amide bonds. The monoisotopic (exact) mass is 252 g/mol. The molecule has 3 nitrogen and oxygen atoms in total. The maximum Gasteiger partial charge on any atom is 0.142 e. The Kier molecular flexibility index (Phi) is 3.06. The second-order valence-corrected chi connectivity index (χ2v) is 3.88. The van der Waals surface area contributed by atoms with Gasteiger partial charge in [-0.15, -0.1) is 0 Å². The molecule has 88 valence electrons. The van der Waals surface area contributed by atoms with Crippen LogP contribution in [0.1, 0.15) is 0 Å². The van der Waals surface area contributed by atoms with Crippen molar-refractivity contribution in [2.75, 3.05) is 11.5 Å². The number of rotatable bonds is 2. The average Bonchev–Trinajstić information content (AvgIpc) is 2.29. The predicted molar refractivity (Wildman–Crippen MR) is 66.8 cm³/mol. The van der Waals surface area contributed by atoms with Crippen molar-refractivity contribution in [3.63, 3.8) is 0 Å². The molecule has 0 atom stereocenters. The number of nitrogens with two attached hydrogens (primary N) is 2. The number of benzene rings is 2. The van der Waals surface area contributed by atoms with Crippen molar-refractivity contribution in [2.24, 2.45) is 0 Å². The van der Waals surface area contributed by atoms with E-state index in [0.29, 0.717) is 22.9 Å². The van der Waals surface area contributed by atoms with E-state index in [0.717, 1.165) is 0 Å². The fourth-order valence-electron chi connectivity index (χ4n) is 1.29. The Balaban J connectivity index is 2.25. The molecule has 0 heterocycles. The van der Waals surface area contributed by atoms with E-state index in [1.54, 1.807) is 18.2 Å². The summed E-state index contributed by atoms with van der Waals surface area (Å²) in [6, 6.07) is 9.00. The summed E-state index contributed by atoms with van der Waals surface area (Å²) in [5.74, 6) is 0.454. The SMILES string of the molecule is Nc1ccc(Oc2ccc(F)c(Cl)c2)cc1N. The van der Waals surface area contributed by atoms with Crippen LogP contribution < -0.4 is 16.2 Å². The Hall–Kier alpha value is -1.94. The highest BCUT2D eigenvalue weighted by Crippen LogP contribution is 2.28. The summed E-state index contributed by atoms with van der Waals surface area (Å²) >= 11 is 5.64. The van der Waals surface area contributed by atoms with Crippen LogP contribution in [0.2, 0.25) is 5.02 Å². The second-order valence-electron chi connectivity index (χ2n) is 3.47. The van der Waals surface area contributed by atoms with Crippen molar-refractivity contribution in [1.29, 1.82) is 0 Å². The third-order valence-corrected chi connectivity index (χ3v) is 2.47. The minimum atomic E-state index is -0.490. The molecule has 0 saturated carbocycles. The van der Waals surface area contributed by atoms with E-state index in [2.05, 4.69) is 0 Å². The van der Waals surface area contributed by atoms with Crippen LogP contribution in [0.15, 0.2) is 36.4 Å². The molecule has 0 saturated heterocycles. The number of anilines is 2. The minimum Gasteiger partial charge on any atom is -0.457 e. The maximum atomic E-state index is 12.9. The molecule has 2 rings (SSSR count). The van der Waals surface area contributed by atoms with Gasteiger partial charge < -0.3 is 16.2 Å². The Labute approximate surface area is 103 Å². The van der Waals surface area contributed by atoms with E-state index in [-0.39, 0.29) is 5.02 Å². The smallest absolute Gasteiger partial charge is 0.142 e. The van der Waals surface area contributed by atoms with E-state index >= 15 is 0 Å². The van der Waals surface area contributed by atoms with Gasteiger partial charge in [0.15, 0.2) is 0 Å². The molecule has 17 heavy (non-hydrogen) atoms. The Morgan fingerprint density at radius 2 is 1.59 bits per heavy atom. The average molecular weight is 253 g/mol. The molecule has 0 aliphatic heterocycles. The van der Waals surface area contributed by atoms with Crippen molar-refractivity contribution < 1.29 is 9.13 Å². The van der Waals surface area contributed by atoms with E-state index < -0.39 is 5.82 Å². The van der Waals surface area contributed by atoms with Gasteiger partial charge in [-0.3, -0.25) is 0 Å². The molecule has 0 radical (unpaired) electrons. The largest absolute Gasteiger partial charge is 0.457 e. The number of hydrogen-bond donors (Lipinski definition) is 2. The van der Waals surface area contributed by atoms with Crippen molar-refractivity contribution in [1.82, 2.24) is 0 Å². The molecule has 0 fully saturated rings. The first-order valence-corrected chi connectivity index (χ1v) is 5.22. The summed E-state index contributed by atoms with van der Waals surface area (Å²) in [4.78, 5) is 0.